The molecule has 3 heteroatoms. The highest BCUT2D eigenvalue weighted by Crippen LogP contribution is 1.97. The third kappa shape index (κ3) is 9.88. The van der Waals surface area contributed by atoms with Gasteiger partial charge in [0, 0.05) is 25.9 Å². The number of nitrogens with two attached hydrogens (primary N) is 1. The molecule has 0 atom stereocenters. The molecule has 0 aliphatic carbocycles. The Morgan fingerprint density at radius 1 is 1.27 bits per heavy atom. The van der Waals surface area contributed by atoms with Crippen LogP contribution < -0.4 is 5.73 Å². The van der Waals surface area contributed by atoms with Crippen LogP contribution >= 0.6 is 0 Å². The highest BCUT2D eigenvalue weighted by molar-refractivity contribution is 4.69. The van der Waals surface area contributed by atoms with Gasteiger partial charge in [0.05, 0.1) is 6.61 Å². The van der Waals surface area contributed by atoms with Gasteiger partial charge in [-0.2, -0.15) is 0 Å². The predicted molar refractivity (Wildman–Crippen MR) is 45.6 cm³/mol. The maximum absolute atomic E-state index is 5.69. The molecule has 0 spiro atoms. The largest absolute Gasteiger partial charge is 0.385 e. The van der Waals surface area contributed by atoms with Crippen molar-refractivity contribution in [2.75, 3.05) is 26.9 Å². The zero-order valence-electron chi connectivity index (χ0n) is 7.72. The van der Waals surface area contributed by atoms with Gasteiger partial charge in [0.2, 0.25) is 0 Å². The van der Waals surface area contributed by atoms with E-state index in [9.17, 15) is 0 Å². The van der Waals surface area contributed by atoms with Gasteiger partial charge in [-0.05, 0) is 20.3 Å². The van der Waals surface area contributed by atoms with E-state index in [1.165, 1.54) is 0 Å². The first-order chi connectivity index (χ1) is 5.06. The van der Waals surface area contributed by atoms with E-state index < -0.39 is 0 Å². The summed E-state index contributed by atoms with van der Waals surface area (Å²) in [5.74, 6) is 0. The molecule has 0 rings (SSSR count). The molecular formula is C8H19NO2. The summed E-state index contributed by atoms with van der Waals surface area (Å²) in [7, 11) is 1.69. The van der Waals surface area contributed by atoms with Crippen LogP contribution in [0.1, 0.15) is 20.3 Å². The number of ether oxygens (including phenoxy) is 2. The summed E-state index contributed by atoms with van der Waals surface area (Å²) in [6.07, 6.45) is 0.937. The Morgan fingerprint density at radius 2 is 1.91 bits per heavy atom. The van der Waals surface area contributed by atoms with Gasteiger partial charge in [0.1, 0.15) is 0 Å². The molecule has 0 heterocycles. The normalized spacial score (nSPS) is 12.0. The van der Waals surface area contributed by atoms with Crippen LogP contribution in [0.2, 0.25) is 0 Å². The maximum atomic E-state index is 5.69. The molecule has 0 aromatic heterocycles. The zero-order valence-corrected chi connectivity index (χ0v) is 7.72. The van der Waals surface area contributed by atoms with E-state index in [0.717, 1.165) is 19.6 Å². The van der Waals surface area contributed by atoms with E-state index in [2.05, 4.69) is 0 Å². The van der Waals surface area contributed by atoms with Crippen molar-refractivity contribution in [3.05, 3.63) is 0 Å². The van der Waals surface area contributed by atoms with Crippen molar-refractivity contribution in [1.29, 1.82) is 0 Å². The van der Waals surface area contributed by atoms with Crippen molar-refractivity contribution < 1.29 is 9.47 Å². The quantitative estimate of drug-likeness (QED) is 0.585. The topological polar surface area (TPSA) is 44.5 Å². The minimum absolute atomic E-state index is 0.215. The second kappa shape index (κ2) is 5.52. The van der Waals surface area contributed by atoms with Crippen LogP contribution in [0.4, 0.5) is 0 Å². The highest BCUT2D eigenvalue weighted by atomic mass is 16.5. The molecule has 0 aromatic carbocycles. The number of hydrogen-bond donors (Lipinski definition) is 1. The van der Waals surface area contributed by atoms with Gasteiger partial charge >= 0.3 is 0 Å². The molecule has 0 unspecified atom stereocenters. The molecule has 68 valence electrons. The summed E-state index contributed by atoms with van der Waals surface area (Å²) in [4.78, 5) is 0. The Hall–Kier alpha value is -0.120. The Morgan fingerprint density at radius 3 is 2.36 bits per heavy atom. The lowest BCUT2D eigenvalue weighted by Crippen LogP contribution is -2.37. The standard InChI is InChI=1S/C8H19NO2/c1-8(2,9)7-11-6-4-5-10-3/h4-7,9H2,1-3H3. The monoisotopic (exact) mass is 161 g/mol. The molecule has 0 radical (unpaired) electrons. The van der Waals surface area contributed by atoms with E-state index in [0.29, 0.717) is 6.61 Å². The molecule has 0 saturated heterocycles. The van der Waals surface area contributed by atoms with Gasteiger partial charge in [-0.15, -0.1) is 0 Å². The van der Waals surface area contributed by atoms with Crippen LogP contribution in [0.3, 0.4) is 0 Å². The fourth-order valence-corrected chi connectivity index (χ4v) is 0.641. The van der Waals surface area contributed by atoms with Crippen LogP contribution in [-0.2, 0) is 9.47 Å². The number of rotatable bonds is 6. The Balaban J connectivity index is 3.02. The van der Waals surface area contributed by atoms with E-state index in [4.69, 9.17) is 15.2 Å². The van der Waals surface area contributed by atoms with E-state index in [1.54, 1.807) is 7.11 Å². The number of hydrogen-bond acceptors (Lipinski definition) is 3. The second-order valence-electron chi connectivity index (χ2n) is 3.39. The summed E-state index contributed by atoms with van der Waals surface area (Å²) in [5.41, 5.74) is 5.48. The van der Waals surface area contributed by atoms with Crippen molar-refractivity contribution in [1.82, 2.24) is 0 Å². The third-order valence-corrected chi connectivity index (χ3v) is 1.11. The molecule has 0 aliphatic rings. The molecule has 0 saturated carbocycles. The molecule has 0 bridgehead atoms. The Labute approximate surface area is 68.9 Å². The lowest BCUT2D eigenvalue weighted by Gasteiger charge is -2.17. The molecule has 0 aliphatic heterocycles. The van der Waals surface area contributed by atoms with Crippen molar-refractivity contribution in [3.8, 4) is 0 Å². The van der Waals surface area contributed by atoms with Crippen molar-refractivity contribution in [2.45, 2.75) is 25.8 Å². The zero-order chi connectivity index (χ0) is 8.74. The molecular weight excluding hydrogens is 142 g/mol. The summed E-state index contributed by atoms with van der Waals surface area (Å²) in [6.45, 7) is 5.99. The smallest absolute Gasteiger partial charge is 0.0640 e. The molecule has 11 heavy (non-hydrogen) atoms. The Kier molecular flexibility index (Phi) is 5.46. The number of methoxy groups -OCH3 is 1. The van der Waals surface area contributed by atoms with Crippen LogP contribution in [-0.4, -0.2) is 32.5 Å². The van der Waals surface area contributed by atoms with Crippen LogP contribution in [0, 0.1) is 0 Å². The minimum Gasteiger partial charge on any atom is -0.385 e. The first-order valence-corrected chi connectivity index (χ1v) is 3.92. The fraction of sp³-hybridized carbons (Fsp3) is 1.00. The van der Waals surface area contributed by atoms with Gasteiger partial charge in [-0.1, -0.05) is 0 Å². The second-order valence-corrected chi connectivity index (χ2v) is 3.39. The van der Waals surface area contributed by atoms with Crippen molar-refractivity contribution in [3.63, 3.8) is 0 Å². The lowest BCUT2D eigenvalue weighted by atomic mass is 10.1. The average molecular weight is 161 g/mol. The predicted octanol–water partition coefficient (Wildman–Crippen LogP) is 0.777. The lowest BCUT2D eigenvalue weighted by molar-refractivity contribution is 0.0771. The van der Waals surface area contributed by atoms with Gasteiger partial charge in [0.25, 0.3) is 0 Å². The highest BCUT2D eigenvalue weighted by Gasteiger charge is 2.09. The van der Waals surface area contributed by atoms with Gasteiger partial charge in [0.15, 0.2) is 0 Å². The summed E-state index contributed by atoms with van der Waals surface area (Å²) < 4.78 is 10.2. The average Bonchev–Trinajstić information content (AvgIpc) is 1.85. The van der Waals surface area contributed by atoms with E-state index >= 15 is 0 Å². The van der Waals surface area contributed by atoms with Gasteiger partial charge in [-0.25, -0.2) is 0 Å². The van der Waals surface area contributed by atoms with E-state index in [-0.39, 0.29) is 5.54 Å². The molecule has 2 N–H and O–H groups in total. The van der Waals surface area contributed by atoms with Crippen molar-refractivity contribution >= 4 is 0 Å². The summed E-state index contributed by atoms with van der Waals surface area (Å²) in [5, 5.41) is 0. The summed E-state index contributed by atoms with van der Waals surface area (Å²) >= 11 is 0. The first kappa shape index (κ1) is 10.9. The van der Waals surface area contributed by atoms with Gasteiger partial charge < -0.3 is 15.2 Å². The minimum atomic E-state index is -0.215. The van der Waals surface area contributed by atoms with Crippen LogP contribution in [0.15, 0.2) is 0 Å². The Bertz CT molecular complexity index is 88.6. The molecule has 0 fully saturated rings. The molecule has 0 aromatic rings. The van der Waals surface area contributed by atoms with E-state index in [1.807, 2.05) is 13.8 Å². The molecule has 0 amide bonds. The maximum Gasteiger partial charge on any atom is 0.0640 e. The van der Waals surface area contributed by atoms with Crippen LogP contribution in [0.5, 0.6) is 0 Å². The summed E-state index contributed by atoms with van der Waals surface area (Å²) in [6, 6.07) is 0. The SMILES string of the molecule is COCCCOCC(C)(C)N. The van der Waals surface area contributed by atoms with Crippen molar-refractivity contribution in [2.24, 2.45) is 5.73 Å². The van der Waals surface area contributed by atoms with Crippen LogP contribution in [0.25, 0.3) is 0 Å². The first-order valence-electron chi connectivity index (χ1n) is 3.92. The van der Waals surface area contributed by atoms with Gasteiger partial charge in [-0.3, -0.25) is 0 Å². The molecule has 3 nitrogen and oxygen atoms in total. The third-order valence-electron chi connectivity index (χ3n) is 1.11. The fourth-order valence-electron chi connectivity index (χ4n) is 0.641.